The van der Waals surface area contributed by atoms with E-state index in [1.54, 1.807) is 0 Å². The second kappa shape index (κ2) is 11.7. The maximum atomic E-state index is 8.33. The Kier molecular flexibility index (Phi) is 8.73. The van der Waals surface area contributed by atoms with Gasteiger partial charge in [0, 0.05) is 28.9 Å². The van der Waals surface area contributed by atoms with Gasteiger partial charge in [0.15, 0.2) is 0 Å². The minimum atomic E-state index is -0.305. The average Bonchev–Trinajstić information content (AvgIpc) is 3.21. The van der Waals surface area contributed by atoms with Crippen LogP contribution < -0.4 is 10.1 Å². The van der Waals surface area contributed by atoms with E-state index in [0.29, 0.717) is 19.8 Å². The summed E-state index contributed by atoms with van der Waals surface area (Å²) in [4.78, 5) is 8.10. The fourth-order valence-corrected chi connectivity index (χ4v) is 3.76. The molecule has 0 radical (unpaired) electrons. The third-order valence-corrected chi connectivity index (χ3v) is 5.05. The third-order valence-electron chi connectivity index (χ3n) is 5.05. The molecule has 3 heterocycles. The molecule has 4 aromatic rings. The Balaban J connectivity index is 0.000000569. The van der Waals surface area contributed by atoms with Crippen LogP contribution in [0.4, 0.5) is 0 Å². The maximum absolute atomic E-state index is 8.33. The molecule has 0 fully saturated rings. The number of benzene rings is 2. The average molecular weight is 611 g/mol. The van der Waals surface area contributed by atoms with E-state index in [1.807, 2.05) is 36.5 Å². The normalized spacial score (nSPS) is 13.9. The van der Waals surface area contributed by atoms with Gasteiger partial charge in [0.1, 0.15) is 11.4 Å². The Hall–Kier alpha value is -3.04. The molecule has 170 valence electrons. The molecule has 2 aromatic carbocycles. The first kappa shape index (κ1) is 24.6. The number of rotatable bonds is 3. The molecule has 0 aliphatic carbocycles. The van der Waals surface area contributed by atoms with E-state index in [0.717, 1.165) is 39.2 Å². The number of H-pyrrole nitrogens is 1. The number of hydrogen-bond donors (Lipinski definition) is 2. The van der Waals surface area contributed by atoms with Crippen LogP contribution in [0.3, 0.4) is 0 Å². The third kappa shape index (κ3) is 5.66. The molecule has 5 rings (SSSR count). The van der Waals surface area contributed by atoms with Gasteiger partial charge in [0.2, 0.25) is 6.23 Å². The summed E-state index contributed by atoms with van der Waals surface area (Å²) in [6.07, 6.45) is 4.89. The van der Waals surface area contributed by atoms with E-state index in [-0.39, 0.29) is 6.23 Å². The number of aromatic nitrogens is 2. The number of nitrogens with one attached hydrogen (secondary N) is 2. The molecule has 2 aromatic heterocycles. The fourth-order valence-electron chi connectivity index (χ4n) is 3.76. The molecule has 1 aliphatic heterocycles. The molecule has 1 unspecified atom stereocenters. The van der Waals surface area contributed by atoms with Crippen molar-refractivity contribution >= 4 is 16.6 Å². The van der Waals surface area contributed by atoms with E-state index in [2.05, 4.69) is 79.5 Å². The van der Waals surface area contributed by atoms with Gasteiger partial charge in [-0.3, -0.25) is 0 Å². The van der Waals surface area contributed by atoms with Crippen LogP contribution in [-0.4, -0.2) is 9.97 Å². The molecule has 5 nitrogen and oxygen atoms in total. The van der Waals surface area contributed by atoms with Crippen LogP contribution in [0.1, 0.15) is 54.4 Å². The predicted molar refractivity (Wildman–Crippen MR) is 129 cm³/mol. The summed E-state index contributed by atoms with van der Waals surface area (Å²) in [5.74, 6) is 0.821. The molecule has 6 heteroatoms. The Bertz CT molecular complexity index is 1230. The second-order valence-electron chi connectivity index (χ2n) is 7.93. The molecule has 0 spiro atoms. The van der Waals surface area contributed by atoms with Crippen molar-refractivity contribution < 1.29 is 27.9 Å². The standard InChI is InChI=1S/C24H21N3O.C3H8.O.W/c1-15-7-6-8-17(11-15)20-14-26-24(28-18-9-4-3-5-10-18)22-21(20)19-12-16(2)13-25-23(19)27-22;1-3-2;;/h3-14,24,26H,1-2H3,(H,25,27);3H2,1-2H3;;. The van der Waals surface area contributed by atoms with Crippen LogP contribution >= 0.6 is 0 Å². The first-order valence-corrected chi connectivity index (χ1v) is 12.2. The van der Waals surface area contributed by atoms with Crippen LogP contribution in [0.2, 0.25) is 0 Å². The van der Waals surface area contributed by atoms with Crippen molar-refractivity contribution in [1.82, 2.24) is 15.3 Å². The van der Waals surface area contributed by atoms with Crippen LogP contribution in [0.25, 0.3) is 16.6 Å². The van der Waals surface area contributed by atoms with Gasteiger partial charge in [-0.15, -0.1) is 0 Å². The number of ether oxygens (including phenoxy) is 1. The van der Waals surface area contributed by atoms with Crippen molar-refractivity contribution in [3.8, 4) is 5.75 Å². The van der Waals surface area contributed by atoms with Crippen LogP contribution in [0, 0.1) is 13.8 Å². The van der Waals surface area contributed by atoms with E-state index in [1.165, 1.54) is 17.5 Å². The fraction of sp³-hybridized carbons (Fsp3) is 0.222. The van der Waals surface area contributed by atoms with E-state index in [9.17, 15) is 0 Å². The Labute approximate surface area is 206 Å². The number of fused-ring (bicyclic) bond motifs is 3. The molecule has 0 bridgehead atoms. The summed E-state index contributed by atoms with van der Waals surface area (Å²) >= 11 is 0.333. The zero-order valence-electron chi connectivity index (χ0n) is 19.4. The summed E-state index contributed by atoms with van der Waals surface area (Å²) in [5.41, 5.74) is 7.71. The number of pyridine rings is 1. The Morgan fingerprint density at radius 3 is 2.39 bits per heavy atom. The molecule has 33 heavy (non-hydrogen) atoms. The van der Waals surface area contributed by atoms with Gasteiger partial charge in [-0.2, -0.15) is 0 Å². The number of aryl methyl sites for hydroxylation is 2. The summed E-state index contributed by atoms with van der Waals surface area (Å²) in [6.45, 7) is 8.43. The van der Waals surface area contributed by atoms with Crippen molar-refractivity contribution in [3.05, 3.63) is 101 Å². The summed E-state index contributed by atoms with van der Waals surface area (Å²) in [7, 11) is 0. The summed E-state index contributed by atoms with van der Waals surface area (Å²) < 4.78 is 14.6. The van der Waals surface area contributed by atoms with Gasteiger partial charge in [-0.25, -0.2) is 4.98 Å². The number of aromatic amines is 1. The van der Waals surface area contributed by atoms with Crippen molar-refractivity contribution in [2.24, 2.45) is 0 Å². The van der Waals surface area contributed by atoms with Crippen LogP contribution in [-0.2, 0) is 23.2 Å². The topological polar surface area (TPSA) is 67.0 Å². The van der Waals surface area contributed by atoms with Crippen molar-refractivity contribution in [2.75, 3.05) is 0 Å². The molecule has 1 aliphatic rings. The van der Waals surface area contributed by atoms with Gasteiger partial charge in [0.05, 0.1) is 5.69 Å². The zero-order valence-corrected chi connectivity index (χ0v) is 22.3. The molecule has 0 amide bonds. The zero-order chi connectivity index (χ0) is 23.8. The van der Waals surface area contributed by atoms with Gasteiger partial charge >= 0.3 is 23.2 Å². The van der Waals surface area contributed by atoms with Crippen LogP contribution in [0.15, 0.2) is 73.1 Å². The first-order valence-electron chi connectivity index (χ1n) is 11.0. The minimum absolute atomic E-state index is 0.305. The molecular weight excluding hydrogens is 582 g/mol. The van der Waals surface area contributed by atoms with Gasteiger partial charge < -0.3 is 15.0 Å². The van der Waals surface area contributed by atoms with E-state index in [4.69, 9.17) is 8.13 Å². The van der Waals surface area contributed by atoms with Gasteiger partial charge in [-0.05, 0) is 43.2 Å². The van der Waals surface area contributed by atoms with E-state index < -0.39 is 0 Å². The Morgan fingerprint density at radius 2 is 1.70 bits per heavy atom. The van der Waals surface area contributed by atoms with Crippen molar-refractivity contribution in [3.63, 3.8) is 0 Å². The monoisotopic (exact) mass is 611 g/mol. The van der Waals surface area contributed by atoms with Crippen LogP contribution in [0.5, 0.6) is 5.75 Å². The first-order chi connectivity index (χ1) is 16.1. The molecular formula is C27H29N3O2W. The number of para-hydroxylation sites is 1. The molecule has 0 saturated carbocycles. The number of hydrogen-bond acceptors (Lipinski definition) is 4. The second-order valence-corrected chi connectivity index (χ2v) is 7.93. The van der Waals surface area contributed by atoms with Crippen molar-refractivity contribution in [1.29, 1.82) is 0 Å². The summed E-state index contributed by atoms with van der Waals surface area (Å²) in [5, 5.41) is 4.54. The van der Waals surface area contributed by atoms with Crippen molar-refractivity contribution in [2.45, 2.75) is 40.3 Å². The molecule has 0 saturated heterocycles. The Morgan fingerprint density at radius 1 is 0.970 bits per heavy atom. The van der Waals surface area contributed by atoms with Gasteiger partial charge in [0.25, 0.3) is 0 Å². The SMILES string of the molecule is CCC.Cc1cccc(C2=CNC(Oc3ccccc3)c3[nH]c4ncc(C)cc4c32)c1.[O]=[W]. The molecule has 1 atom stereocenters. The van der Waals surface area contributed by atoms with Gasteiger partial charge in [-0.1, -0.05) is 68.3 Å². The molecule has 2 N–H and O–H groups in total. The number of nitrogens with zero attached hydrogens (tertiary/aromatic N) is 1. The summed E-state index contributed by atoms with van der Waals surface area (Å²) in [6, 6.07) is 20.6. The quantitative estimate of drug-likeness (QED) is 0.276. The van der Waals surface area contributed by atoms with E-state index >= 15 is 0 Å². The predicted octanol–water partition coefficient (Wildman–Crippen LogP) is 6.54.